The number of hydrogen-bond donors (Lipinski definition) is 1. The second-order valence-corrected chi connectivity index (χ2v) is 5.76. The highest BCUT2D eigenvalue weighted by Crippen LogP contribution is 2.33. The summed E-state index contributed by atoms with van der Waals surface area (Å²) in [5.74, 6) is 1.32. The minimum atomic E-state index is 0.426. The Labute approximate surface area is 118 Å². The Hall–Kier alpha value is -0.510. The Balaban J connectivity index is 2.20. The molecule has 2 atom stereocenters. The molecular weight excluding hydrogens is 269 g/mol. The summed E-state index contributed by atoms with van der Waals surface area (Å²) < 4.78 is 0. The topological polar surface area (TPSA) is 42.2 Å². The number of halogens is 2. The van der Waals surface area contributed by atoms with E-state index < -0.39 is 0 Å². The van der Waals surface area contributed by atoms with E-state index in [1.807, 2.05) is 7.05 Å². The predicted octanol–water partition coefficient (Wildman–Crippen LogP) is 3.34. The monoisotopic (exact) mass is 287 g/mol. The molecule has 3 nitrogen and oxygen atoms in total. The summed E-state index contributed by atoms with van der Waals surface area (Å²) in [5.41, 5.74) is 5.87. The van der Waals surface area contributed by atoms with Gasteiger partial charge in [0.15, 0.2) is 0 Å². The van der Waals surface area contributed by atoms with E-state index in [0.29, 0.717) is 22.0 Å². The van der Waals surface area contributed by atoms with Gasteiger partial charge < -0.3 is 10.6 Å². The first kappa shape index (κ1) is 13.9. The molecule has 0 saturated heterocycles. The zero-order chi connectivity index (χ0) is 13.1. The largest absolute Gasteiger partial charge is 0.355 e. The Morgan fingerprint density at radius 1 is 1.39 bits per heavy atom. The fourth-order valence-electron chi connectivity index (χ4n) is 2.80. The predicted molar refractivity (Wildman–Crippen MR) is 77.5 cm³/mol. The van der Waals surface area contributed by atoms with Gasteiger partial charge in [0.25, 0.3) is 0 Å². The molecule has 2 N–H and O–H groups in total. The average molecular weight is 288 g/mol. The zero-order valence-electron chi connectivity index (χ0n) is 10.6. The number of nitrogens with two attached hydrogens (primary N) is 1. The van der Waals surface area contributed by atoms with Crippen molar-refractivity contribution in [2.24, 2.45) is 11.7 Å². The highest BCUT2D eigenvalue weighted by atomic mass is 35.5. The van der Waals surface area contributed by atoms with Crippen LogP contribution in [0.4, 0.5) is 5.82 Å². The van der Waals surface area contributed by atoms with Crippen molar-refractivity contribution in [3.05, 3.63) is 22.3 Å². The molecule has 100 valence electrons. The van der Waals surface area contributed by atoms with E-state index in [-0.39, 0.29) is 0 Å². The van der Waals surface area contributed by atoms with Crippen molar-refractivity contribution in [1.82, 2.24) is 4.98 Å². The van der Waals surface area contributed by atoms with Crippen molar-refractivity contribution >= 4 is 29.0 Å². The molecule has 0 spiro atoms. The van der Waals surface area contributed by atoms with Gasteiger partial charge in [0.05, 0.1) is 10.0 Å². The SMILES string of the molecule is CN(c1ncc(Cl)cc1Cl)C1CCCCC1CN. The number of aromatic nitrogens is 1. The van der Waals surface area contributed by atoms with E-state index >= 15 is 0 Å². The van der Waals surface area contributed by atoms with Crippen LogP contribution < -0.4 is 10.6 Å². The Bertz CT molecular complexity index is 411. The third kappa shape index (κ3) is 2.90. The van der Waals surface area contributed by atoms with E-state index in [1.165, 1.54) is 19.3 Å². The minimum absolute atomic E-state index is 0.426. The molecule has 1 saturated carbocycles. The molecule has 2 rings (SSSR count). The van der Waals surface area contributed by atoms with Gasteiger partial charge in [-0.25, -0.2) is 4.98 Å². The van der Waals surface area contributed by atoms with Gasteiger partial charge in [0.2, 0.25) is 0 Å². The van der Waals surface area contributed by atoms with Crippen LogP contribution in [0.15, 0.2) is 12.3 Å². The van der Waals surface area contributed by atoms with E-state index in [0.717, 1.165) is 18.8 Å². The van der Waals surface area contributed by atoms with E-state index in [9.17, 15) is 0 Å². The lowest BCUT2D eigenvalue weighted by molar-refractivity contribution is 0.305. The van der Waals surface area contributed by atoms with Crippen molar-refractivity contribution in [3.8, 4) is 0 Å². The minimum Gasteiger partial charge on any atom is -0.355 e. The van der Waals surface area contributed by atoms with E-state index in [2.05, 4.69) is 9.88 Å². The maximum absolute atomic E-state index is 6.21. The van der Waals surface area contributed by atoms with Crippen molar-refractivity contribution in [2.75, 3.05) is 18.5 Å². The van der Waals surface area contributed by atoms with Gasteiger partial charge in [0.1, 0.15) is 5.82 Å². The molecule has 1 heterocycles. The lowest BCUT2D eigenvalue weighted by Gasteiger charge is -2.38. The van der Waals surface area contributed by atoms with Crippen LogP contribution in [0.5, 0.6) is 0 Å². The molecule has 5 heteroatoms. The second-order valence-electron chi connectivity index (χ2n) is 4.92. The molecule has 1 aromatic heterocycles. The fourth-order valence-corrected chi connectivity index (χ4v) is 3.31. The second kappa shape index (κ2) is 6.09. The van der Waals surface area contributed by atoms with Crippen molar-refractivity contribution in [2.45, 2.75) is 31.7 Å². The molecule has 2 unspecified atom stereocenters. The van der Waals surface area contributed by atoms with Gasteiger partial charge in [-0.15, -0.1) is 0 Å². The molecule has 0 aromatic carbocycles. The van der Waals surface area contributed by atoms with Crippen molar-refractivity contribution < 1.29 is 0 Å². The van der Waals surface area contributed by atoms with Crippen LogP contribution in [0.3, 0.4) is 0 Å². The van der Waals surface area contributed by atoms with Crippen LogP contribution >= 0.6 is 23.2 Å². The molecule has 1 fully saturated rings. The summed E-state index contributed by atoms with van der Waals surface area (Å²) >= 11 is 12.1. The first-order valence-corrected chi connectivity index (χ1v) is 7.13. The normalized spacial score (nSPS) is 24.0. The van der Waals surface area contributed by atoms with Crippen LogP contribution in [-0.2, 0) is 0 Å². The van der Waals surface area contributed by atoms with E-state index in [4.69, 9.17) is 28.9 Å². The smallest absolute Gasteiger partial charge is 0.147 e. The zero-order valence-corrected chi connectivity index (χ0v) is 12.1. The van der Waals surface area contributed by atoms with E-state index in [1.54, 1.807) is 12.3 Å². The third-order valence-electron chi connectivity index (χ3n) is 3.79. The maximum Gasteiger partial charge on any atom is 0.147 e. The lowest BCUT2D eigenvalue weighted by atomic mass is 9.84. The lowest BCUT2D eigenvalue weighted by Crippen LogP contribution is -2.43. The van der Waals surface area contributed by atoms with Gasteiger partial charge in [-0.05, 0) is 31.4 Å². The van der Waals surface area contributed by atoms with Gasteiger partial charge in [-0.2, -0.15) is 0 Å². The van der Waals surface area contributed by atoms with Gasteiger partial charge in [0, 0.05) is 19.3 Å². The molecule has 1 aromatic rings. The average Bonchev–Trinajstić information content (AvgIpc) is 2.38. The van der Waals surface area contributed by atoms with Gasteiger partial charge >= 0.3 is 0 Å². The van der Waals surface area contributed by atoms with Crippen molar-refractivity contribution in [1.29, 1.82) is 0 Å². The Morgan fingerprint density at radius 3 is 2.78 bits per heavy atom. The van der Waals surface area contributed by atoms with Gasteiger partial charge in [-0.3, -0.25) is 0 Å². The molecule has 0 bridgehead atoms. The highest BCUT2D eigenvalue weighted by Gasteiger charge is 2.28. The summed E-state index contributed by atoms with van der Waals surface area (Å²) in [6.45, 7) is 0.722. The highest BCUT2D eigenvalue weighted by molar-refractivity contribution is 6.36. The first-order valence-electron chi connectivity index (χ1n) is 6.37. The molecule has 18 heavy (non-hydrogen) atoms. The molecule has 0 aliphatic heterocycles. The molecule has 0 amide bonds. The molecule has 1 aliphatic carbocycles. The summed E-state index contributed by atoms with van der Waals surface area (Å²) in [6, 6.07) is 2.16. The van der Waals surface area contributed by atoms with Crippen LogP contribution in [0, 0.1) is 5.92 Å². The molecular formula is C13H19Cl2N3. The quantitative estimate of drug-likeness (QED) is 0.927. The Kier molecular flexibility index (Phi) is 4.71. The third-order valence-corrected chi connectivity index (χ3v) is 4.28. The number of rotatable bonds is 3. The fraction of sp³-hybridized carbons (Fsp3) is 0.615. The van der Waals surface area contributed by atoms with Crippen LogP contribution in [0.25, 0.3) is 0 Å². The number of pyridine rings is 1. The molecule has 0 radical (unpaired) electrons. The summed E-state index contributed by atoms with van der Waals surface area (Å²) in [7, 11) is 2.04. The standard InChI is InChI=1S/C13H19Cl2N3/c1-18(12-5-3-2-4-9(12)7-16)13-11(15)6-10(14)8-17-13/h6,8-9,12H,2-5,7,16H2,1H3. The number of hydrogen-bond acceptors (Lipinski definition) is 3. The van der Waals surface area contributed by atoms with Crippen LogP contribution in [0.1, 0.15) is 25.7 Å². The number of nitrogens with zero attached hydrogens (tertiary/aromatic N) is 2. The summed E-state index contributed by atoms with van der Waals surface area (Å²) in [4.78, 5) is 6.50. The first-order chi connectivity index (χ1) is 8.63. The van der Waals surface area contributed by atoms with Crippen molar-refractivity contribution in [3.63, 3.8) is 0 Å². The van der Waals surface area contributed by atoms with Crippen LogP contribution in [0.2, 0.25) is 10.0 Å². The summed E-state index contributed by atoms with van der Waals surface area (Å²) in [6.07, 6.45) is 6.50. The Morgan fingerprint density at radius 2 is 2.11 bits per heavy atom. The molecule has 1 aliphatic rings. The number of anilines is 1. The maximum atomic E-state index is 6.21. The van der Waals surface area contributed by atoms with Crippen LogP contribution in [-0.4, -0.2) is 24.6 Å². The summed E-state index contributed by atoms with van der Waals surface area (Å²) in [5, 5.41) is 1.17. The van der Waals surface area contributed by atoms with Gasteiger partial charge in [-0.1, -0.05) is 36.0 Å².